The molecule has 1 heterocycles. The summed E-state index contributed by atoms with van der Waals surface area (Å²) >= 11 is 3.49. The molecule has 1 saturated carbocycles. The van der Waals surface area contributed by atoms with Crippen molar-refractivity contribution in [1.29, 1.82) is 0 Å². The third-order valence-electron chi connectivity index (χ3n) is 3.50. The van der Waals surface area contributed by atoms with Gasteiger partial charge in [-0.25, -0.2) is 9.97 Å². The van der Waals surface area contributed by atoms with Crippen molar-refractivity contribution in [3.05, 3.63) is 16.5 Å². The second-order valence-electron chi connectivity index (χ2n) is 6.30. The van der Waals surface area contributed by atoms with E-state index in [-0.39, 0.29) is 5.41 Å². The van der Waals surface area contributed by atoms with Crippen LogP contribution in [0.25, 0.3) is 0 Å². The van der Waals surface area contributed by atoms with Crippen LogP contribution < -0.4 is 4.90 Å². The minimum Gasteiger partial charge on any atom is -0.359 e. The Morgan fingerprint density at radius 2 is 2.00 bits per heavy atom. The molecule has 0 atom stereocenters. The minimum absolute atomic E-state index is 0.0180. The van der Waals surface area contributed by atoms with E-state index >= 15 is 0 Å². The van der Waals surface area contributed by atoms with Gasteiger partial charge in [-0.05, 0) is 34.7 Å². The van der Waals surface area contributed by atoms with Crippen molar-refractivity contribution in [1.82, 2.24) is 9.97 Å². The van der Waals surface area contributed by atoms with E-state index < -0.39 is 0 Å². The summed E-state index contributed by atoms with van der Waals surface area (Å²) in [6.45, 7) is 7.53. The highest BCUT2D eigenvalue weighted by Gasteiger charge is 2.22. The molecule has 2 rings (SSSR count). The van der Waals surface area contributed by atoms with Crippen molar-refractivity contribution in [3.63, 3.8) is 0 Å². The van der Waals surface area contributed by atoms with E-state index in [9.17, 15) is 0 Å². The molecule has 0 aromatic carbocycles. The number of rotatable bonds is 3. The molecule has 1 fully saturated rings. The molecular weight excluding hydrogens is 290 g/mol. The Morgan fingerprint density at radius 3 is 2.50 bits per heavy atom. The number of hydrogen-bond acceptors (Lipinski definition) is 3. The van der Waals surface area contributed by atoms with Crippen molar-refractivity contribution in [3.8, 4) is 0 Å². The molecule has 1 aliphatic carbocycles. The maximum atomic E-state index is 4.70. The Hall–Kier alpha value is -0.640. The summed E-state index contributed by atoms with van der Waals surface area (Å²) in [4.78, 5) is 11.4. The van der Waals surface area contributed by atoms with Crippen LogP contribution in [0, 0.1) is 5.92 Å². The second-order valence-corrected chi connectivity index (χ2v) is 7.11. The van der Waals surface area contributed by atoms with Gasteiger partial charge in [-0.3, -0.25) is 0 Å². The van der Waals surface area contributed by atoms with Gasteiger partial charge in [0.15, 0.2) is 0 Å². The molecular formula is C14H22BrN3. The van der Waals surface area contributed by atoms with Crippen LogP contribution in [0.1, 0.15) is 45.9 Å². The first-order valence-electron chi connectivity index (χ1n) is 6.62. The van der Waals surface area contributed by atoms with Gasteiger partial charge in [0, 0.05) is 25.1 Å². The van der Waals surface area contributed by atoms with E-state index in [2.05, 4.69) is 53.6 Å². The number of anilines is 1. The fraction of sp³-hybridized carbons (Fsp3) is 0.714. The summed E-state index contributed by atoms with van der Waals surface area (Å²) in [5.41, 5.74) is -0.0180. The molecule has 18 heavy (non-hydrogen) atoms. The summed E-state index contributed by atoms with van der Waals surface area (Å²) in [6, 6.07) is 2.01. The first-order chi connectivity index (χ1) is 8.36. The van der Waals surface area contributed by atoms with Crippen LogP contribution in [-0.2, 0) is 5.41 Å². The van der Waals surface area contributed by atoms with Crippen LogP contribution in [0.2, 0.25) is 0 Å². The van der Waals surface area contributed by atoms with Gasteiger partial charge < -0.3 is 4.90 Å². The van der Waals surface area contributed by atoms with Gasteiger partial charge in [-0.15, -0.1) is 0 Å². The van der Waals surface area contributed by atoms with Gasteiger partial charge in [0.2, 0.25) is 0 Å². The zero-order valence-corrected chi connectivity index (χ0v) is 13.3. The van der Waals surface area contributed by atoms with Gasteiger partial charge in [0.25, 0.3) is 0 Å². The van der Waals surface area contributed by atoms with Gasteiger partial charge in [0.05, 0.1) is 0 Å². The highest BCUT2D eigenvalue weighted by molar-refractivity contribution is 9.10. The lowest BCUT2D eigenvalue weighted by Crippen LogP contribution is -2.30. The highest BCUT2D eigenvalue weighted by atomic mass is 79.9. The molecule has 0 unspecified atom stereocenters. The lowest BCUT2D eigenvalue weighted by Gasteiger charge is -2.31. The van der Waals surface area contributed by atoms with Crippen molar-refractivity contribution >= 4 is 21.7 Å². The Labute approximate surface area is 118 Å². The summed E-state index contributed by atoms with van der Waals surface area (Å²) in [7, 11) is 2.12. The lowest BCUT2D eigenvalue weighted by atomic mass is 9.85. The van der Waals surface area contributed by atoms with E-state index in [1.807, 2.05) is 6.07 Å². The molecule has 0 N–H and O–H groups in total. The van der Waals surface area contributed by atoms with E-state index in [1.165, 1.54) is 19.3 Å². The minimum atomic E-state index is -0.0180. The van der Waals surface area contributed by atoms with Crippen LogP contribution in [-0.4, -0.2) is 23.6 Å². The molecule has 0 aliphatic heterocycles. The zero-order valence-electron chi connectivity index (χ0n) is 11.7. The molecule has 100 valence electrons. The molecule has 0 saturated heterocycles. The summed E-state index contributed by atoms with van der Waals surface area (Å²) in [5.74, 6) is 2.77. The fourth-order valence-corrected chi connectivity index (χ4v) is 2.47. The Morgan fingerprint density at radius 1 is 1.33 bits per heavy atom. The zero-order chi connectivity index (χ0) is 13.3. The van der Waals surface area contributed by atoms with Crippen LogP contribution in [0.5, 0.6) is 0 Å². The summed E-state index contributed by atoms with van der Waals surface area (Å²) in [5, 5.41) is 0. The number of aromatic nitrogens is 2. The van der Waals surface area contributed by atoms with Crippen molar-refractivity contribution in [2.75, 3.05) is 18.5 Å². The van der Waals surface area contributed by atoms with Gasteiger partial charge in [0.1, 0.15) is 16.2 Å². The average Bonchev–Trinajstić information content (AvgIpc) is 2.21. The first kappa shape index (κ1) is 13.8. The monoisotopic (exact) mass is 311 g/mol. The van der Waals surface area contributed by atoms with Crippen molar-refractivity contribution in [2.45, 2.75) is 45.4 Å². The summed E-state index contributed by atoms with van der Waals surface area (Å²) in [6.07, 6.45) is 4.12. The van der Waals surface area contributed by atoms with Crippen LogP contribution in [0.15, 0.2) is 10.7 Å². The fourth-order valence-electron chi connectivity index (χ4n) is 2.09. The SMILES string of the molecule is CN(CC1CCC1)c1cc(Br)nc(C(C)(C)C)n1. The van der Waals surface area contributed by atoms with E-state index in [4.69, 9.17) is 4.98 Å². The Bertz CT molecular complexity index is 422. The molecule has 0 spiro atoms. The Kier molecular flexibility index (Phi) is 3.95. The van der Waals surface area contributed by atoms with Gasteiger partial charge in [-0.2, -0.15) is 0 Å². The quantitative estimate of drug-likeness (QED) is 0.796. The number of nitrogens with zero attached hydrogens (tertiary/aromatic N) is 3. The second kappa shape index (κ2) is 5.16. The predicted molar refractivity (Wildman–Crippen MR) is 79.0 cm³/mol. The molecule has 0 amide bonds. The van der Waals surface area contributed by atoms with Crippen molar-refractivity contribution < 1.29 is 0 Å². The average molecular weight is 312 g/mol. The first-order valence-corrected chi connectivity index (χ1v) is 7.42. The van der Waals surface area contributed by atoms with E-state index in [1.54, 1.807) is 0 Å². The standard InChI is InChI=1S/C14H22BrN3/c1-14(2,3)13-16-11(15)8-12(17-13)18(4)9-10-6-5-7-10/h8,10H,5-7,9H2,1-4H3. The molecule has 0 radical (unpaired) electrons. The topological polar surface area (TPSA) is 29.0 Å². The van der Waals surface area contributed by atoms with Gasteiger partial charge >= 0.3 is 0 Å². The third kappa shape index (κ3) is 3.22. The van der Waals surface area contributed by atoms with Crippen LogP contribution >= 0.6 is 15.9 Å². The molecule has 1 aromatic heterocycles. The normalized spacial score (nSPS) is 16.5. The lowest BCUT2D eigenvalue weighted by molar-refractivity contribution is 0.321. The molecule has 1 aliphatic rings. The number of hydrogen-bond donors (Lipinski definition) is 0. The maximum absolute atomic E-state index is 4.70. The Balaban J connectivity index is 2.18. The molecule has 4 heteroatoms. The largest absolute Gasteiger partial charge is 0.359 e. The van der Waals surface area contributed by atoms with E-state index in [0.29, 0.717) is 0 Å². The van der Waals surface area contributed by atoms with Gasteiger partial charge in [-0.1, -0.05) is 27.2 Å². The maximum Gasteiger partial charge on any atom is 0.137 e. The molecule has 0 bridgehead atoms. The number of halogens is 1. The smallest absolute Gasteiger partial charge is 0.137 e. The molecule has 3 nitrogen and oxygen atoms in total. The van der Waals surface area contributed by atoms with E-state index in [0.717, 1.165) is 28.7 Å². The van der Waals surface area contributed by atoms with Crippen molar-refractivity contribution in [2.24, 2.45) is 5.92 Å². The molecule has 1 aromatic rings. The highest BCUT2D eigenvalue weighted by Crippen LogP contribution is 2.29. The van der Waals surface area contributed by atoms with Crippen LogP contribution in [0.3, 0.4) is 0 Å². The van der Waals surface area contributed by atoms with Crippen LogP contribution in [0.4, 0.5) is 5.82 Å². The predicted octanol–water partition coefficient (Wildman–Crippen LogP) is 3.77. The third-order valence-corrected chi connectivity index (χ3v) is 3.91. The summed E-state index contributed by atoms with van der Waals surface area (Å²) < 4.78 is 0.873.